The lowest BCUT2D eigenvalue weighted by Gasteiger charge is -2.29. The van der Waals surface area contributed by atoms with E-state index in [0.717, 1.165) is 32.8 Å². The first-order chi connectivity index (χ1) is 10.6. The third-order valence-corrected chi connectivity index (χ3v) is 3.91. The molecule has 1 heterocycles. The quantitative estimate of drug-likeness (QED) is 0.845. The van der Waals surface area contributed by atoms with Crippen LogP contribution in [0.25, 0.3) is 0 Å². The van der Waals surface area contributed by atoms with Crippen molar-refractivity contribution in [2.75, 3.05) is 53.5 Å². The van der Waals surface area contributed by atoms with Crippen molar-refractivity contribution in [2.45, 2.75) is 6.54 Å². The van der Waals surface area contributed by atoms with Gasteiger partial charge in [0, 0.05) is 19.7 Å². The Hall–Kier alpha value is -1.66. The van der Waals surface area contributed by atoms with Crippen molar-refractivity contribution in [1.29, 1.82) is 0 Å². The molecule has 122 valence electrons. The van der Waals surface area contributed by atoms with Gasteiger partial charge in [-0.3, -0.25) is 0 Å². The van der Waals surface area contributed by atoms with Gasteiger partial charge in [-0.25, -0.2) is 9.18 Å². The van der Waals surface area contributed by atoms with Crippen molar-refractivity contribution in [2.24, 2.45) is 0 Å². The first-order valence-electron chi connectivity index (χ1n) is 7.69. The molecule has 0 atom stereocenters. The number of nitrogens with one attached hydrogen (secondary N) is 1. The zero-order valence-corrected chi connectivity index (χ0v) is 13.3. The SMILES string of the molecule is CN(C)C(=O)N(CC[NH+]1CCOCC1)Cc1ccccc1F. The smallest absolute Gasteiger partial charge is 0.319 e. The molecule has 1 aromatic carbocycles. The van der Waals surface area contributed by atoms with Crippen molar-refractivity contribution in [3.63, 3.8) is 0 Å². The van der Waals surface area contributed by atoms with E-state index in [1.54, 1.807) is 37.2 Å². The van der Waals surface area contributed by atoms with E-state index >= 15 is 0 Å². The number of carbonyl (C=O) groups excluding carboxylic acids is 1. The predicted octanol–water partition coefficient (Wildman–Crippen LogP) is 0.224. The lowest BCUT2D eigenvalue weighted by atomic mass is 10.2. The van der Waals surface area contributed by atoms with Crippen molar-refractivity contribution in [1.82, 2.24) is 9.80 Å². The van der Waals surface area contributed by atoms with Crippen LogP contribution in [-0.2, 0) is 11.3 Å². The van der Waals surface area contributed by atoms with Gasteiger partial charge in [0.1, 0.15) is 18.9 Å². The average molecular weight is 310 g/mol. The van der Waals surface area contributed by atoms with E-state index in [9.17, 15) is 9.18 Å². The number of carbonyl (C=O) groups is 1. The van der Waals surface area contributed by atoms with E-state index in [2.05, 4.69) is 0 Å². The number of hydrogen-bond donors (Lipinski definition) is 1. The number of amides is 2. The van der Waals surface area contributed by atoms with Crippen molar-refractivity contribution >= 4 is 6.03 Å². The highest BCUT2D eigenvalue weighted by atomic mass is 19.1. The Morgan fingerprint density at radius 2 is 1.95 bits per heavy atom. The molecule has 1 N–H and O–H groups in total. The van der Waals surface area contributed by atoms with Gasteiger partial charge in [0.25, 0.3) is 0 Å². The third kappa shape index (κ3) is 4.68. The molecule has 22 heavy (non-hydrogen) atoms. The standard InChI is InChI=1S/C16H24FN3O2/c1-18(2)16(21)20(8-7-19-9-11-22-12-10-19)13-14-5-3-4-6-15(14)17/h3-6H,7-13H2,1-2H3/p+1. The molecule has 0 saturated carbocycles. The maximum absolute atomic E-state index is 13.8. The lowest BCUT2D eigenvalue weighted by molar-refractivity contribution is -0.907. The first-order valence-corrected chi connectivity index (χ1v) is 7.69. The van der Waals surface area contributed by atoms with Gasteiger partial charge in [-0.2, -0.15) is 0 Å². The van der Waals surface area contributed by atoms with Crippen molar-refractivity contribution in [3.8, 4) is 0 Å². The summed E-state index contributed by atoms with van der Waals surface area (Å²) < 4.78 is 19.2. The molecule has 1 aliphatic heterocycles. The summed E-state index contributed by atoms with van der Waals surface area (Å²) in [6.45, 7) is 5.23. The Balaban J connectivity index is 1.99. The largest absolute Gasteiger partial charge is 0.370 e. The number of urea groups is 1. The van der Waals surface area contributed by atoms with Crippen LogP contribution in [0.2, 0.25) is 0 Å². The number of nitrogens with zero attached hydrogens (tertiary/aromatic N) is 2. The summed E-state index contributed by atoms with van der Waals surface area (Å²) in [5.74, 6) is -0.266. The number of rotatable bonds is 5. The molecule has 1 saturated heterocycles. The fraction of sp³-hybridized carbons (Fsp3) is 0.562. The molecule has 0 bridgehead atoms. The van der Waals surface area contributed by atoms with Crippen LogP contribution in [0.5, 0.6) is 0 Å². The third-order valence-electron chi connectivity index (χ3n) is 3.91. The Bertz CT molecular complexity index is 490. The van der Waals surface area contributed by atoms with Crippen molar-refractivity contribution < 1.29 is 18.8 Å². The molecule has 1 fully saturated rings. The van der Waals surface area contributed by atoms with Gasteiger partial charge in [0.2, 0.25) is 0 Å². The van der Waals surface area contributed by atoms with Crippen LogP contribution >= 0.6 is 0 Å². The second-order valence-electron chi connectivity index (χ2n) is 5.80. The lowest BCUT2D eigenvalue weighted by Crippen LogP contribution is -3.14. The highest BCUT2D eigenvalue weighted by Gasteiger charge is 2.21. The summed E-state index contributed by atoms with van der Waals surface area (Å²) in [5.41, 5.74) is 0.551. The van der Waals surface area contributed by atoms with Gasteiger partial charge in [-0.05, 0) is 6.07 Å². The molecule has 0 aromatic heterocycles. The Labute approximate surface area is 131 Å². The van der Waals surface area contributed by atoms with Crippen LogP contribution in [0.1, 0.15) is 5.56 Å². The molecular formula is C16H25FN3O2+. The first kappa shape index (κ1) is 16.7. The number of halogens is 1. The van der Waals surface area contributed by atoms with Crippen LogP contribution < -0.4 is 4.90 Å². The predicted molar refractivity (Wildman–Crippen MR) is 82.3 cm³/mol. The van der Waals surface area contributed by atoms with Gasteiger partial charge in [0.05, 0.1) is 32.8 Å². The highest BCUT2D eigenvalue weighted by molar-refractivity contribution is 5.73. The summed E-state index contributed by atoms with van der Waals surface area (Å²) >= 11 is 0. The second-order valence-corrected chi connectivity index (χ2v) is 5.80. The fourth-order valence-electron chi connectivity index (χ4n) is 2.56. The highest BCUT2D eigenvalue weighted by Crippen LogP contribution is 2.10. The molecular weight excluding hydrogens is 285 g/mol. The molecule has 1 aromatic rings. The summed E-state index contributed by atoms with van der Waals surface area (Å²) in [5, 5.41) is 0. The zero-order chi connectivity index (χ0) is 15.9. The van der Waals surface area contributed by atoms with E-state index in [1.807, 2.05) is 0 Å². The minimum Gasteiger partial charge on any atom is -0.370 e. The Morgan fingerprint density at radius 1 is 1.27 bits per heavy atom. The summed E-state index contributed by atoms with van der Waals surface area (Å²) in [4.78, 5) is 17.0. The Morgan fingerprint density at radius 3 is 2.59 bits per heavy atom. The van der Waals surface area contributed by atoms with E-state index < -0.39 is 0 Å². The molecule has 0 aliphatic carbocycles. The maximum Gasteiger partial charge on any atom is 0.319 e. The molecule has 6 heteroatoms. The monoisotopic (exact) mass is 310 g/mol. The fourth-order valence-corrected chi connectivity index (χ4v) is 2.56. The average Bonchev–Trinajstić information content (AvgIpc) is 2.53. The molecule has 0 unspecified atom stereocenters. The van der Waals surface area contributed by atoms with E-state index in [0.29, 0.717) is 18.7 Å². The van der Waals surface area contributed by atoms with Crippen LogP contribution in [0.15, 0.2) is 24.3 Å². The molecule has 0 radical (unpaired) electrons. The number of benzene rings is 1. The topological polar surface area (TPSA) is 37.2 Å². The van der Waals surface area contributed by atoms with Gasteiger partial charge in [0.15, 0.2) is 0 Å². The number of hydrogen-bond acceptors (Lipinski definition) is 2. The summed E-state index contributed by atoms with van der Waals surface area (Å²) in [6.07, 6.45) is 0. The number of ether oxygens (including phenoxy) is 1. The minimum absolute atomic E-state index is 0.0871. The molecule has 2 rings (SSSR count). The number of morpholine rings is 1. The molecule has 0 spiro atoms. The zero-order valence-electron chi connectivity index (χ0n) is 13.3. The molecule has 5 nitrogen and oxygen atoms in total. The van der Waals surface area contributed by atoms with Crippen LogP contribution in [0.3, 0.4) is 0 Å². The van der Waals surface area contributed by atoms with Crippen LogP contribution in [0.4, 0.5) is 9.18 Å². The summed E-state index contributed by atoms with van der Waals surface area (Å²) in [7, 11) is 3.44. The molecule has 2 amide bonds. The van der Waals surface area contributed by atoms with Gasteiger partial charge in [-0.1, -0.05) is 18.2 Å². The van der Waals surface area contributed by atoms with Crippen LogP contribution in [0, 0.1) is 5.82 Å². The van der Waals surface area contributed by atoms with Gasteiger partial charge < -0.3 is 19.4 Å². The van der Waals surface area contributed by atoms with E-state index in [1.165, 1.54) is 15.9 Å². The summed E-state index contributed by atoms with van der Waals surface area (Å²) in [6, 6.07) is 6.53. The minimum atomic E-state index is -0.266. The van der Waals surface area contributed by atoms with Crippen molar-refractivity contribution in [3.05, 3.63) is 35.6 Å². The van der Waals surface area contributed by atoms with Crippen LogP contribution in [-0.4, -0.2) is 69.3 Å². The van der Waals surface area contributed by atoms with Gasteiger partial charge >= 0.3 is 6.03 Å². The Kier molecular flexibility index (Phi) is 6.15. The van der Waals surface area contributed by atoms with E-state index in [4.69, 9.17) is 4.74 Å². The van der Waals surface area contributed by atoms with E-state index in [-0.39, 0.29) is 11.8 Å². The number of quaternary nitrogens is 1. The second kappa shape index (κ2) is 8.10. The van der Waals surface area contributed by atoms with Gasteiger partial charge in [-0.15, -0.1) is 0 Å². The molecule has 1 aliphatic rings. The normalized spacial score (nSPS) is 15.6. The maximum atomic E-state index is 13.8.